The fraction of sp³-hybridized carbons (Fsp3) is 0.214. The summed E-state index contributed by atoms with van der Waals surface area (Å²) in [4.78, 5) is 36.7. The number of hydrogen-bond donors (Lipinski definition) is 3. The lowest BCUT2D eigenvalue weighted by Crippen LogP contribution is -2.32. The minimum atomic E-state index is -0.950. The Balaban J connectivity index is 1.55. The van der Waals surface area contributed by atoms with Gasteiger partial charge in [0.15, 0.2) is 18.1 Å². The maximum Gasteiger partial charge on any atom is 0.329 e. The molecule has 0 saturated carbocycles. The quantitative estimate of drug-likeness (QED) is 0.149. The fourth-order valence-electron chi connectivity index (χ4n) is 3.28. The summed E-state index contributed by atoms with van der Waals surface area (Å²) in [5.74, 6) is -0.928. The van der Waals surface area contributed by atoms with Crippen molar-refractivity contribution in [3.63, 3.8) is 0 Å². The minimum absolute atomic E-state index is 0.284. The van der Waals surface area contributed by atoms with Crippen LogP contribution in [-0.4, -0.2) is 44.3 Å². The molecular weight excluding hydrogens is 604 g/mol. The van der Waals surface area contributed by atoms with E-state index < -0.39 is 11.8 Å². The predicted octanol–water partition coefficient (Wildman–Crippen LogP) is 5.31. The SMILES string of the molecule is CCCOc1ccc(NC(=O)C(=O)N/N=C\c2cc(Br)c(OCC(=O)Nc3cccc(Cl)c3C)c(OC)c2)cc1. The number of amides is 3. The third-order valence-electron chi connectivity index (χ3n) is 5.31. The number of hydrazone groups is 1. The number of hydrogen-bond acceptors (Lipinski definition) is 7. The summed E-state index contributed by atoms with van der Waals surface area (Å²) >= 11 is 9.50. The number of ether oxygens (including phenoxy) is 3. The Morgan fingerprint density at radius 2 is 1.77 bits per heavy atom. The van der Waals surface area contributed by atoms with Gasteiger partial charge in [0.05, 0.1) is 24.4 Å². The standard InChI is InChI=1S/C28H28BrClN4O6/c1-4-12-39-20-10-8-19(9-11-20)32-27(36)28(37)34-31-15-18-13-21(29)26(24(14-18)38-3)40-16-25(35)33-23-7-5-6-22(30)17(23)2/h5-11,13-15H,4,12,16H2,1-3H3,(H,32,36)(H,33,35)(H,34,37)/b31-15-. The number of carbonyl (C=O) groups excluding carboxylic acids is 3. The molecule has 3 N–H and O–H groups in total. The molecule has 3 aromatic carbocycles. The van der Waals surface area contributed by atoms with E-state index in [1.165, 1.54) is 13.3 Å². The molecule has 0 fully saturated rings. The van der Waals surface area contributed by atoms with Crippen molar-refractivity contribution in [3.8, 4) is 17.2 Å². The monoisotopic (exact) mass is 630 g/mol. The second-order valence-corrected chi connectivity index (χ2v) is 9.57. The molecule has 0 bridgehead atoms. The van der Waals surface area contributed by atoms with E-state index in [4.69, 9.17) is 25.8 Å². The highest BCUT2D eigenvalue weighted by molar-refractivity contribution is 9.10. The van der Waals surface area contributed by atoms with Crippen molar-refractivity contribution < 1.29 is 28.6 Å². The highest BCUT2D eigenvalue weighted by Gasteiger charge is 2.15. The minimum Gasteiger partial charge on any atom is -0.494 e. The summed E-state index contributed by atoms with van der Waals surface area (Å²) in [6.07, 6.45) is 2.21. The lowest BCUT2D eigenvalue weighted by molar-refractivity contribution is -0.136. The zero-order valence-electron chi connectivity index (χ0n) is 22.0. The van der Waals surface area contributed by atoms with Crippen molar-refractivity contribution >= 4 is 62.8 Å². The van der Waals surface area contributed by atoms with Crippen LogP contribution in [0.15, 0.2) is 64.2 Å². The first-order valence-electron chi connectivity index (χ1n) is 12.1. The number of benzene rings is 3. The van der Waals surface area contributed by atoms with Gasteiger partial charge in [-0.25, -0.2) is 5.43 Å². The van der Waals surface area contributed by atoms with Crippen molar-refractivity contribution in [2.24, 2.45) is 5.10 Å². The van der Waals surface area contributed by atoms with Crippen molar-refractivity contribution in [1.82, 2.24) is 5.43 Å². The molecule has 3 aromatic rings. The van der Waals surface area contributed by atoms with Crippen LogP contribution in [0.2, 0.25) is 5.02 Å². The van der Waals surface area contributed by atoms with Crippen LogP contribution in [0.25, 0.3) is 0 Å². The maximum atomic E-state index is 12.4. The van der Waals surface area contributed by atoms with Gasteiger partial charge in [-0.05, 0) is 88.9 Å². The number of methoxy groups -OCH3 is 1. The van der Waals surface area contributed by atoms with Crippen molar-refractivity contribution in [2.45, 2.75) is 20.3 Å². The Hall–Kier alpha value is -4.09. The molecule has 210 valence electrons. The van der Waals surface area contributed by atoms with Crippen molar-refractivity contribution in [3.05, 3.63) is 75.2 Å². The van der Waals surface area contributed by atoms with E-state index in [-0.39, 0.29) is 12.5 Å². The van der Waals surface area contributed by atoms with Crippen LogP contribution in [0.3, 0.4) is 0 Å². The Morgan fingerprint density at radius 3 is 2.48 bits per heavy atom. The molecule has 0 saturated heterocycles. The first-order chi connectivity index (χ1) is 19.2. The van der Waals surface area contributed by atoms with Crippen molar-refractivity contribution in [2.75, 3.05) is 31.0 Å². The number of nitrogens with one attached hydrogen (secondary N) is 3. The smallest absolute Gasteiger partial charge is 0.329 e. The lowest BCUT2D eigenvalue weighted by Gasteiger charge is -2.14. The predicted molar refractivity (Wildman–Crippen MR) is 158 cm³/mol. The van der Waals surface area contributed by atoms with E-state index in [9.17, 15) is 14.4 Å². The summed E-state index contributed by atoms with van der Waals surface area (Å²) in [7, 11) is 1.44. The van der Waals surface area contributed by atoms with Gasteiger partial charge in [0, 0.05) is 16.4 Å². The van der Waals surface area contributed by atoms with Gasteiger partial charge in [-0.3, -0.25) is 14.4 Å². The topological polar surface area (TPSA) is 127 Å². The molecular formula is C28H28BrClN4O6. The number of carbonyl (C=O) groups is 3. The van der Waals surface area contributed by atoms with Crippen LogP contribution in [-0.2, 0) is 14.4 Å². The molecule has 40 heavy (non-hydrogen) atoms. The van der Waals surface area contributed by atoms with Crippen LogP contribution in [0, 0.1) is 6.92 Å². The van der Waals surface area contributed by atoms with Gasteiger partial charge in [0.25, 0.3) is 5.91 Å². The number of anilines is 2. The Bertz CT molecular complexity index is 1400. The summed E-state index contributed by atoms with van der Waals surface area (Å²) in [5.41, 5.74) is 4.48. The first-order valence-corrected chi connectivity index (χ1v) is 13.3. The molecule has 0 aliphatic carbocycles. The summed E-state index contributed by atoms with van der Waals surface area (Å²) in [6.45, 7) is 4.11. The second kappa shape index (κ2) is 14.9. The molecule has 0 aliphatic heterocycles. The molecule has 3 amide bonds. The molecule has 12 heteroatoms. The molecule has 0 heterocycles. The van der Waals surface area contributed by atoms with Crippen LogP contribution in [0.1, 0.15) is 24.5 Å². The largest absolute Gasteiger partial charge is 0.494 e. The zero-order chi connectivity index (χ0) is 29.1. The Morgan fingerprint density at radius 1 is 1.02 bits per heavy atom. The zero-order valence-corrected chi connectivity index (χ0v) is 24.4. The fourth-order valence-corrected chi connectivity index (χ4v) is 4.03. The highest BCUT2D eigenvalue weighted by atomic mass is 79.9. The van der Waals surface area contributed by atoms with Gasteiger partial charge in [0.1, 0.15) is 5.75 Å². The molecule has 0 unspecified atom stereocenters. The third-order valence-corrected chi connectivity index (χ3v) is 6.31. The van der Waals surface area contributed by atoms with Crippen LogP contribution < -0.4 is 30.3 Å². The maximum absolute atomic E-state index is 12.4. The number of rotatable bonds is 11. The van der Waals surface area contributed by atoms with Gasteiger partial charge >= 0.3 is 11.8 Å². The average molecular weight is 632 g/mol. The normalized spacial score (nSPS) is 10.6. The van der Waals surface area contributed by atoms with E-state index in [0.717, 1.165) is 12.0 Å². The molecule has 3 rings (SSSR count). The van der Waals surface area contributed by atoms with Crippen LogP contribution in [0.4, 0.5) is 11.4 Å². The van der Waals surface area contributed by atoms with Crippen LogP contribution in [0.5, 0.6) is 17.2 Å². The van der Waals surface area contributed by atoms with E-state index >= 15 is 0 Å². The Kier molecular flexibility index (Phi) is 11.3. The first kappa shape index (κ1) is 30.5. The molecule has 0 spiro atoms. The van der Waals surface area contributed by atoms with E-state index in [2.05, 4.69) is 37.1 Å². The van der Waals surface area contributed by atoms with Gasteiger partial charge < -0.3 is 24.8 Å². The average Bonchev–Trinajstić information content (AvgIpc) is 2.94. The van der Waals surface area contributed by atoms with Crippen LogP contribution >= 0.6 is 27.5 Å². The molecule has 10 nitrogen and oxygen atoms in total. The summed E-state index contributed by atoms with van der Waals surface area (Å²) in [6, 6.07) is 15.1. The number of halogens is 2. The molecule has 0 radical (unpaired) electrons. The van der Waals surface area contributed by atoms with Gasteiger partial charge in [0.2, 0.25) is 0 Å². The summed E-state index contributed by atoms with van der Waals surface area (Å²) in [5, 5.41) is 9.63. The second-order valence-electron chi connectivity index (χ2n) is 8.31. The van der Waals surface area contributed by atoms with Gasteiger partial charge in [-0.1, -0.05) is 24.6 Å². The lowest BCUT2D eigenvalue weighted by atomic mass is 10.2. The van der Waals surface area contributed by atoms with Gasteiger partial charge in [-0.2, -0.15) is 5.10 Å². The molecule has 0 aliphatic rings. The third kappa shape index (κ3) is 8.72. The van der Waals surface area contributed by atoms with Crippen molar-refractivity contribution in [1.29, 1.82) is 0 Å². The van der Waals surface area contributed by atoms with Gasteiger partial charge in [-0.15, -0.1) is 0 Å². The molecule has 0 atom stereocenters. The number of nitrogens with zero attached hydrogens (tertiary/aromatic N) is 1. The highest BCUT2D eigenvalue weighted by Crippen LogP contribution is 2.36. The van der Waals surface area contributed by atoms with E-state index in [1.807, 2.05) is 6.92 Å². The molecule has 0 aromatic heterocycles. The van der Waals surface area contributed by atoms with E-state index in [1.54, 1.807) is 61.5 Å². The van der Waals surface area contributed by atoms with E-state index in [0.29, 0.717) is 50.3 Å². The summed E-state index contributed by atoms with van der Waals surface area (Å²) < 4.78 is 17.0. The Labute approximate surface area is 245 Å².